The van der Waals surface area contributed by atoms with Crippen molar-refractivity contribution in [3.63, 3.8) is 0 Å². The third-order valence-electron chi connectivity index (χ3n) is 4.95. The van der Waals surface area contributed by atoms with E-state index in [4.69, 9.17) is 4.74 Å². The van der Waals surface area contributed by atoms with Gasteiger partial charge in [0.25, 0.3) is 5.91 Å². The Kier molecular flexibility index (Phi) is 6.83. The lowest BCUT2D eigenvalue weighted by Gasteiger charge is -2.32. The molecule has 144 valence electrons. The Bertz CT molecular complexity index is 681. The lowest BCUT2D eigenvalue weighted by molar-refractivity contribution is -0.126. The zero-order chi connectivity index (χ0) is 19.3. The molecule has 1 aromatic heterocycles. The van der Waals surface area contributed by atoms with Crippen LogP contribution in [0.2, 0.25) is 0 Å². The van der Waals surface area contributed by atoms with Crippen molar-refractivity contribution in [2.75, 3.05) is 26.7 Å². The number of hydrogen-bond donors (Lipinski definition) is 2. The molecule has 1 fully saturated rings. The molecule has 0 spiro atoms. The average Bonchev–Trinajstić information content (AvgIpc) is 2.95. The van der Waals surface area contributed by atoms with Gasteiger partial charge in [0, 0.05) is 25.3 Å². The first-order valence-corrected chi connectivity index (χ1v) is 9.25. The second-order valence-electron chi connectivity index (χ2n) is 6.85. The summed E-state index contributed by atoms with van der Waals surface area (Å²) in [6.45, 7) is 7.26. The van der Waals surface area contributed by atoms with Crippen LogP contribution in [0.4, 0.5) is 0 Å². The first-order chi connectivity index (χ1) is 12.4. The summed E-state index contributed by atoms with van der Waals surface area (Å²) in [7, 11) is 1.32. The molecule has 2 amide bonds. The van der Waals surface area contributed by atoms with Gasteiger partial charge in [-0.1, -0.05) is 13.3 Å². The van der Waals surface area contributed by atoms with Crippen LogP contribution in [0.5, 0.6) is 0 Å². The first kappa shape index (κ1) is 20.0. The number of ether oxygens (including phenoxy) is 1. The van der Waals surface area contributed by atoms with E-state index < -0.39 is 5.97 Å². The van der Waals surface area contributed by atoms with Gasteiger partial charge < -0.3 is 19.9 Å². The van der Waals surface area contributed by atoms with Gasteiger partial charge in [0.05, 0.1) is 18.6 Å². The minimum absolute atomic E-state index is 0.0191. The molecule has 1 aliphatic heterocycles. The van der Waals surface area contributed by atoms with Crippen LogP contribution >= 0.6 is 0 Å². The molecule has 0 aliphatic carbocycles. The van der Waals surface area contributed by atoms with Gasteiger partial charge in [0.15, 0.2) is 0 Å². The molecule has 2 rings (SSSR count). The van der Waals surface area contributed by atoms with Crippen LogP contribution in [0.1, 0.15) is 64.7 Å². The van der Waals surface area contributed by atoms with Gasteiger partial charge >= 0.3 is 5.97 Å². The monoisotopic (exact) mass is 363 g/mol. The summed E-state index contributed by atoms with van der Waals surface area (Å²) >= 11 is 0. The normalized spacial score (nSPS) is 17.1. The highest BCUT2D eigenvalue weighted by molar-refractivity contribution is 6.00. The summed E-state index contributed by atoms with van der Waals surface area (Å²) in [4.78, 5) is 41.9. The minimum atomic E-state index is -0.456. The number of rotatable bonds is 6. The second kappa shape index (κ2) is 8.87. The van der Waals surface area contributed by atoms with Crippen molar-refractivity contribution < 1.29 is 19.1 Å². The number of aromatic nitrogens is 1. The molecular formula is C19H29N3O4. The number of nitrogens with zero attached hydrogens (tertiary/aromatic N) is 1. The molecule has 0 aromatic carbocycles. The summed E-state index contributed by atoms with van der Waals surface area (Å²) in [5, 5.41) is 2.95. The van der Waals surface area contributed by atoms with E-state index in [2.05, 4.69) is 17.2 Å². The number of H-pyrrole nitrogens is 1. The molecule has 1 aromatic rings. The molecule has 1 aliphatic rings. The van der Waals surface area contributed by atoms with Gasteiger partial charge in [-0.2, -0.15) is 0 Å². The predicted octanol–water partition coefficient (Wildman–Crippen LogP) is 2.19. The molecule has 1 atom stereocenters. The maximum Gasteiger partial charge on any atom is 0.339 e. The zero-order valence-electron chi connectivity index (χ0n) is 16.1. The maximum absolute atomic E-state index is 12.9. The number of esters is 1. The van der Waals surface area contributed by atoms with E-state index in [1.54, 1.807) is 18.7 Å². The second-order valence-corrected chi connectivity index (χ2v) is 6.85. The molecule has 0 radical (unpaired) electrons. The number of piperidine rings is 1. The standard InChI is InChI=1S/C19H29N3O4/c1-5-6-9-20-17(23)14-8-7-10-22(11-14)18(24)16-12(2)15(13(3)21-16)19(25)26-4/h14,21H,5-11H2,1-4H3,(H,20,23)/t14-/m1/s1. The predicted molar refractivity (Wildman–Crippen MR) is 98.2 cm³/mol. The zero-order valence-corrected chi connectivity index (χ0v) is 16.1. The van der Waals surface area contributed by atoms with E-state index in [1.165, 1.54) is 7.11 Å². The molecule has 2 N–H and O–H groups in total. The van der Waals surface area contributed by atoms with Gasteiger partial charge in [0.1, 0.15) is 5.69 Å². The minimum Gasteiger partial charge on any atom is -0.465 e. The quantitative estimate of drug-likeness (QED) is 0.599. The number of carbonyl (C=O) groups is 3. The maximum atomic E-state index is 12.9. The molecule has 0 saturated carbocycles. The van der Waals surface area contributed by atoms with Crippen molar-refractivity contribution >= 4 is 17.8 Å². The Morgan fingerprint density at radius 2 is 2.04 bits per heavy atom. The van der Waals surface area contributed by atoms with E-state index in [1.807, 2.05) is 0 Å². The smallest absolute Gasteiger partial charge is 0.339 e. The van der Waals surface area contributed by atoms with Crippen molar-refractivity contribution in [3.05, 3.63) is 22.5 Å². The van der Waals surface area contributed by atoms with Crippen LogP contribution in [0.15, 0.2) is 0 Å². The lowest BCUT2D eigenvalue weighted by Crippen LogP contribution is -2.45. The lowest BCUT2D eigenvalue weighted by atomic mass is 9.96. The van der Waals surface area contributed by atoms with E-state index in [-0.39, 0.29) is 17.7 Å². The van der Waals surface area contributed by atoms with Gasteiger partial charge in [-0.15, -0.1) is 0 Å². The number of aromatic amines is 1. The SMILES string of the molecule is CCCCNC(=O)[C@@H]1CCCN(C(=O)c2[nH]c(C)c(C(=O)OC)c2C)C1. The number of nitrogens with one attached hydrogen (secondary N) is 2. The fourth-order valence-corrected chi connectivity index (χ4v) is 3.44. The van der Waals surface area contributed by atoms with E-state index in [0.29, 0.717) is 42.1 Å². The Morgan fingerprint density at radius 3 is 2.69 bits per heavy atom. The summed E-state index contributed by atoms with van der Waals surface area (Å²) in [5.41, 5.74) is 2.01. The third kappa shape index (κ3) is 4.26. The van der Waals surface area contributed by atoms with Crippen LogP contribution in [0.3, 0.4) is 0 Å². The number of aryl methyl sites for hydroxylation is 1. The summed E-state index contributed by atoms with van der Waals surface area (Å²) in [6, 6.07) is 0. The average molecular weight is 363 g/mol. The highest BCUT2D eigenvalue weighted by Gasteiger charge is 2.31. The van der Waals surface area contributed by atoms with Crippen LogP contribution in [0.25, 0.3) is 0 Å². The van der Waals surface area contributed by atoms with Crippen LogP contribution in [0, 0.1) is 19.8 Å². The molecule has 7 heteroatoms. The number of unbranched alkanes of at least 4 members (excludes halogenated alkanes) is 1. The fraction of sp³-hybridized carbons (Fsp3) is 0.632. The third-order valence-corrected chi connectivity index (χ3v) is 4.95. The molecule has 1 saturated heterocycles. The fourth-order valence-electron chi connectivity index (χ4n) is 3.44. The van der Waals surface area contributed by atoms with Gasteiger partial charge in [-0.25, -0.2) is 4.79 Å². The Hall–Kier alpha value is -2.31. The van der Waals surface area contributed by atoms with Crippen LogP contribution in [-0.2, 0) is 9.53 Å². The van der Waals surface area contributed by atoms with E-state index >= 15 is 0 Å². The van der Waals surface area contributed by atoms with Gasteiger partial charge in [-0.3, -0.25) is 9.59 Å². The number of hydrogen-bond acceptors (Lipinski definition) is 4. The van der Waals surface area contributed by atoms with Crippen LogP contribution < -0.4 is 5.32 Å². The Morgan fingerprint density at radius 1 is 1.31 bits per heavy atom. The van der Waals surface area contributed by atoms with Crippen molar-refractivity contribution in [2.24, 2.45) is 5.92 Å². The highest BCUT2D eigenvalue weighted by Crippen LogP contribution is 2.23. The first-order valence-electron chi connectivity index (χ1n) is 9.25. The van der Waals surface area contributed by atoms with E-state index in [0.717, 1.165) is 25.7 Å². The van der Waals surface area contributed by atoms with Crippen molar-refractivity contribution in [3.8, 4) is 0 Å². The number of likely N-dealkylation sites (tertiary alicyclic amines) is 1. The number of carbonyl (C=O) groups excluding carboxylic acids is 3. The number of amides is 2. The van der Waals surface area contributed by atoms with Crippen molar-refractivity contribution in [2.45, 2.75) is 46.5 Å². The summed E-state index contributed by atoms with van der Waals surface area (Å²) in [5.74, 6) is -0.791. The Balaban J connectivity index is 2.10. The van der Waals surface area contributed by atoms with Gasteiger partial charge in [-0.05, 0) is 38.7 Å². The Labute approximate surface area is 154 Å². The summed E-state index contributed by atoms with van der Waals surface area (Å²) in [6.07, 6.45) is 3.57. The van der Waals surface area contributed by atoms with Crippen molar-refractivity contribution in [1.82, 2.24) is 15.2 Å². The van der Waals surface area contributed by atoms with E-state index in [9.17, 15) is 14.4 Å². The summed E-state index contributed by atoms with van der Waals surface area (Å²) < 4.78 is 4.79. The molecule has 7 nitrogen and oxygen atoms in total. The highest BCUT2D eigenvalue weighted by atomic mass is 16.5. The molecule has 2 heterocycles. The largest absolute Gasteiger partial charge is 0.465 e. The van der Waals surface area contributed by atoms with Crippen molar-refractivity contribution in [1.29, 1.82) is 0 Å². The molecule has 0 unspecified atom stereocenters. The molecular weight excluding hydrogens is 334 g/mol. The number of methoxy groups -OCH3 is 1. The molecule has 26 heavy (non-hydrogen) atoms. The van der Waals surface area contributed by atoms with Crippen LogP contribution in [-0.4, -0.2) is 54.4 Å². The topological polar surface area (TPSA) is 91.5 Å². The van der Waals surface area contributed by atoms with Gasteiger partial charge in [0.2, 0.25) is 5.91 Å². The molecule has 0 bridgehead atoms.